The van der Waals surface area contributed by atoms with Crippen LogP contribution < -0.4 is 11.1 Å². The molecule has 2 aromatic carbocycles. The molecule has 2 aromatic rings. The monoisotopic (exact) mass is 357 g/mol. The Labute approximate surface area is 146 Å². The second kappa shape index (κ2) is 6.33. The lowest BCUT2D eigenvalue weighted by atomic mass is 10.1. The predicted octanol–water partition coefficient (Wildman–Crippen LogP) is 2.36. The van der Waals surface area contributed by atoms with Crippen LogP contribution >= 0.6 is 0 Å². The van der Waals surface area contributed by atoms with Gasteiger partial charge in [-0.3, -0.25) is 9.59 Å². The summed E-state index contributed by atoms with van der Waals surface area (Å²) in [6.45, 7) is 0. The molecule has 3 rings (SSSR count). The summed E-state index contributed by atoms with van der Waals surface area (Å²) in [5, 5.41) is 1.41. The number of hydrogen-bond acceptors (Lipinski definition) is 4. The number of anilines is 1. The van der Waals surface area contributed by atoms with Crippen LogP contribution in [0.3, 0.4) is 0 Å². The highest BCUT2D eigenvalue weighted by Gasteiger charge is 2.58. The van der Waals surface area contributed by atoms with Crippen LogP contribution in [0, 0.1) is 6.42 Å². The van der Waals surface area contributed by atoms with E-state index in [4.69, 9.17) is 5.73 Å². The Balaban J connectivity index is 1.71. The van der Waals surface area contributed by atoms with E-state index < -0.39 is 19.8 Å². The summed E-state index contributed by atoms with van der Waals surface area (Å²) in [4.78, 5) is 23.2. The summed E-state index contributed by atoms with van der Waals surface area (Å²) >= 11 is 0. The van der Waals surface area contributed by atoms with Gasteiger partial charge in [0.05, 0.1) is 6.42 Å². The van der Waals surface area contributed by atoms with Crippen molar-refractivity contribution < 1.29 is 18.0 Å². The van der Waals surface area contributed by atoms with Gasteiger partial charge in [-0.2, -0.15) is 0 Å². The Morgan fingerprint density at radius 2 is 1.60 bits per heavy atom. The van der Waals surface area contributed by atoms with Gasteiger partial charge in [0.1, 0.15) is 4.75 Å². The maximum Gasteiger partial charge on any atom is 0.334 e. The minimum Gasteiger partial charge on any atom is -0.356 e. The second-order valence-electron chi connectivity index (χ2n) is 5.94. The molecule has 1 radical (unpaired) electrons. The highest BCUT2D eigenvalue weighted by molar-refractivity contribution is 8.07. The van der Waals surface area contributed by atoms with Gasteiger partial charge in [0, 0.05) is 5.69 Å². The molecule has 3 N–H and O–H groups in total. The zero-order valence-electron chi connectivity index (χ0n) is 13.3. The van der Waals surface area contributed by atoms with Gasteiger partial charge in [0.2, 0.25) is 15.7 Å². The molecule has 1 aliphatic carbocycles. The molecule has 1 aliphatic rings. The van der Waals surface area contributed by atoms with Crippen molar-refractivity contribution in [3.63, 3.8) is 0 Å². The van der Waals surface area contributed by atoms with E-state index in [0.717, 1.165) is 5.56 Å². The van der Waals surface area contributed by atoms with Crippen molar-refractivity contribution in [3.05, 3.63) is 72.1 Å². The molecule has 2 amide bonds. The molecule has 0 heterocycles. The summed E-state index contributed by atoms with van der Waals surface area (Å²) < 4.78 is 23.1. The van der Waals surface area contributed by atoms with Gasteiger partial charge in [-0.1, -0.05) is 42.5 Å². The molecule has 0 aromatic heterocycles. The molecule has 1 saturated carbocycles. The standard InChI is InChI=1S/C18H17N2O4S/c19-17(22)25(23,24)18(10-11-18)14-6-8-15(9-7-14)20-16(21)12-13-4-2-1-3-5-13/h1-9,12H,10-11H2,(H2,19,22)(H,20,21). The van der Waals surface area contributed by atoms with Crippen molar-refractivity contribution >= 4 is 26.7 Å². The number of primary amides is 1. The van der Waals surface area contributed by atoms with Gasteiger partial charge in [0.25, 0.3) is 0 Å². The average molecular weight is 357 g/mol. The topological polar surface area (TPSA) is 106 Å². The number of amides is 2. The van der Waals surface area contributed by atoms with Crippen LogP contribution in [0.1, 0.15) is 24.0 Å². The van der Waals surface area contributed by atoms with Crippen molar-refractivity contribution in [2.75, 3.05) is 5.32 Å². The molecule has 0 spiro atoms. The van der Waals surface area contributed by atoms with Crippen LogP contribution in [0.5, 0.6) is 0 Å². The van der Waals surface area contributed by atoms with Gasteiger partial charge < -0.3 is 11.1 Å². The highest BCUT2D eigenvalue weighted by Crippen LogP contribution is 2.53. The molecule has 0 bridgehead atoms. The van der Waals surface area contributed by atoms with Crippen molar-refractivity contribution in [1.29, 1.82) is 0 Å². The third kappa shape index (κ3) is 3.28. The van der Waals surface area contributed by atoms with E-state index in [1.807, 2.05) is 30.3 Å². The van der Waals surface area contributed by atoms with E-state index in [0.29, 0.717) is 24.1 Å². The molecular weight excluding hydrogens is 340 g/mol. The molecule has 0 saturated heterocycles. The molecule has 0 aliphatic heterocycles. The van der Waals surface area contributed by atoms with E-state index >= 15 is 0 Å². The first kappa shape index (κ1) is 17.2. The second-order valence-corrected chi connectivity index (χ2v) is 8.13. The maximum absolute atomic E-state index is 12.1. The number of nitrogens with one attached hydrogen (secondary N) is 1. The summed E-state index contributed by atoms with van der Waals surface area (Å²) in [6.07, 6.45) is 2.20. The Morgan fingerprint density at radius 3 is 2.12 bits per heavy atom. The van der Waals surface area contributed by atoms with E-state index in [9.17, 15) is 18.0 Å². The molecule has 129 valence electrons. The Hall–Kier alpha value is -2.67. The molecule has 0 atom stereocenters. The van der Waals surface area contributed by atoms with Gasteiger partial charge in [-0.05, 0) is 36.1 Å². The number of sulfone groups is 1. The van der Waals surface area contributed by atoms with Crippen molar-refractivity contribution in [2.45, 2.75) is 17.6 Å². The first-order valence-corrected chi connectivity index (χ1v) is 9.19. The molecule has 1 fully saturated rings. The van der Waals surface area contributed by atoms with Crippen LogP contribution in [0.25, 0.3) is 0 Å². The number of carbonyl (C=O) groups excluding carboxylic acids is 2. The lowest BCUT2D eigenvalue weighted by Crippen LogP contribution is -2.32. The summed E-state index contributed by atoms with van der Waals surface area (Å²) in [7, 11) is -4.05. The zero-order valence-corrected chi connectivity index (χ0v) is 14.1. The van der Waals surface area contributed by atoms with Crippen molar-refractivity contribution in [1.82, 2.24) is 0 Å². The Bertz CT molecular complexity index is 902. The number of benzene rings is 2. The fourth-order valence-electron chi connectivity index (χ4n) is 2.75. The fraction of sp³-hybridized carbons (Fsp3) is 0.167. The minimum absolute atomic E-state index is 0.287. The summed E-state index contributed by atoms with van der Waals surface area (Å²) in [6, 6.07) is 15.6. The molecule has 7 heteroatoms. The predicted molar refractivity (Wildman–Crippen MR) is 94.3 cm³/mol. The first-order valence-electron chi connectivity index (χ1n) is 7.71. The van der Waals surface area contributed by atoms with Gasteiger partial charge in [0.15, 0.2) is 0 Å². The van der Waals surface area contributed by atoms with Crippen LogP contribution in [-0.4, -0.2) is 19.6 Å². The van der Waals surface area contributed by atoms with Gasteiger partial charge in [-0.15, -0.1) is 0 Å². The number of carbonyl (C=O) groups is 2. The number of hydrogen-bond donors (Lipinski definition) is 2. The fourth-order valence-corrected chi connectivity index (χ4v) is 4.23. The zero-order chi connectivity index (χ0) is 18.1. The van der Waals surface area contributed by atoms with Crippen LogP contribution in [0.15, 0.2) is 54.6 Å². The Morgan fingerprint density at radius 1 is 1.00 bits per heavy atom. The Kier molecular flexibility index (Phi) is 4.34. The average Bonchev–Trinajstić information content (AvgIpc) is 3.38. The lowest BCUT2D eigenvalue weighted by Gasteiger charge is -2.15. The third-order valence-corrected chi connectivity index (χ3v) is 6.46. The maximum atomic E-state index is 12.1. The minimum atomic E-state index is -4.05. The van der Waals surface area contributed by atoms with Gasteiger partial charge >= 0.3 is 5.24 Å². The molecule has 6 nitrogen and oxygen atoms in total. The van der Waals surface area contributed by atoms with Crippen LogP contribution in [0.4, 0.5) is 10.5 Å². The van der Waals surface area contributed by atoms with Gasteiger partial charge in [-0.25, -0.2) is 8.42 Å². The van der Waals surface area contributed by atoms with E-state index in [1.54, 1.807) is 24.3 Å². The quantitative estimate of drug-likeness (QED) is 0.856. The smallest absolute Gasteiger partial charge is 0.334 e. The lowest BCUT2D eigenvalue weighted by molar-refractivity contribution is -0.112. The van der Waals surface area contributed by atoms with E-state index in [-0.39, 0.29) is 5.91 Å². The summed E-state index contributed by atoms with van der Waals surface area (Å²) in [5.74, 6) is -0.287. The van der Waals surface area contributed by atoms with Crippen LogP contribution in [-0.2, 0) is 19.4 Å². The number of nitrogens with two attached hydrogens (primary N) is 1. The first-order chi connectivity index (χ1) is 11.8. The van der Waals surface area contributed by atoms with Crippen molar-refractivity contribution in [2.24, 2.45) is 5.73 Å². The summed E-state index contributed by atoms with van der Waals surface area (Å²) in [5.41, 5.74) is 6.84. The van der Waals surface area contributed by atoms with Crippen LogP contribution in [0.2, 0.25) is 0 Å². The molecule has 25 heavy (non-hydrogen) atoms. The number of rotatable bonds is 5. The highest BCUT2D eigenvalue weighted by atomic mass is 32.2. The SMILES string of the molecule is NC(=O)S(=O)(=O)C1(c2ccc(NC(=O)[CH]c3ccccc3)cc2)CC1. The largest absolute Gasteiger partial charge is 0.356 e. The van der Waals surface area contributed by atoms with E-state index in [2.05, 4.69) is 5.32 Å². The molecular formula is C18H17N2O4S. The molecule has 0 unspecified atom stereocenters. The van der Waals surface area contributed by atoms with Crippen molar-refractivity contribution in [3.8, 4) is 0 Å². The third-order valence-electron chi connectivity index (χ3n) is 4.26. The van der Waals surface area contributed by atoms with E-state index in [1.165, 1.54) is 6.42 Å². The normalized spacial score (nSPS) is 15.4.